The third-order valence-corrected chi connectivity index (χ3v) is 4.35. The Labute approximate surface area is 154 Å². The number of carbonyl (C=O) groups is 1. The van der Waals surface area contributed by atoms with Crippen molar-refractivity contribution in [2.45, 2.75) is 6.61 Å². The van der Waals surface area contributed by atoms with E-state index in [0.29, 0.717) is 11.2 Å². The van der Waals surface area contributed by atoms with E-state index in [2.05, 4.69) is 5.32 Å². The van der Waals surface area contributed by atoms with Gasteiger partial charge in [-0.3, -0.25) is 14.2 Å². The maximum Gasteiger partial charge on any atom is 0.491 e. The molecule has 0 saturated heterocycles. The molecule has 1 amide bonds. The first kappa shape index (κ1) is 17.2. The van der Waals surface area contributed by atoms with Crippen LogP contribution < -0.4 is 16.3 Å². The van der Waals surface area contributed by atoms with Crippen LogP contribution in [0.4, 0.5) is 10.1 Å². The van der Waals surface area contributed by atoms with E-state index in [1.807, 2.05) is 0 Å². The Morgan fingerprint density at radius 1 is 1.19 bits per heavy atom. The standard InChI is InChI=1S/C19H14BFN2O4/c21-16-3-1-2-4-17(16)23-10-12(5-8-18(23)24)19(25)22-14-6-7-15-13(9-14)11-27-20(15)26/h1-10,26H,11H2,(H,22,25). The molecule has 1 aromatic heterocycles. The number of rotatable bonds is 3. The molecule has 0 atom stereocenters. The Bertz CT molecular complexity index is 1100. The Kier molecular flexibility index (Phi) is 4.35. The van der Waals surface area contributed by atoms with Gasteiger partial charge in [-0.2, -0.15) is 0 Å². The first-order chi connectivity index (χ1) is 13.0. The van der Waals surface area contributed by atoms with Gasteiger partial charge in [-0.15, -0.1) is 0 Å². The first-order valence-electron chi connectivity index (χ1n) is 8.24. The zero-order valence-electron chi connectivity index (χ0n) is 14.1. The van der Waals surface area contributed by atoms with Crippen LogP contribution in [0.15, 0.2) is 65.6 Å². The normalized spacial score (nSPS) is 12.7. The number of aromatic nitrogens is 1. The summed E-state index contributed by atoms with van der Waals surface area (Å²) in [6.07, 6.45) is 1.30. The number of anilines is 1. The molecule has 1 aliphatic rings. The minimum atomic E-state index is -0.950. The molecule has 0 aliphatic carbocycles. The van der Waals surface area contributed by atoms with Crippen LogP contribution in [-0.4, -0.2) is 22.6 Å². The molecular weight excluding hydrogens is 350 g/mol. The van der Waals surface area contributed by atoms with Crippen molar-refractivity contribution < 1.29 is 18.9 Å². The van der Waals surface area contributed by atoms with Gasteiger partial charge < -0.3 is 15.0 Å². The average Bonchev–Trinajstić information content (AvgIpc) is 3.03. The van der Waals surface area contributed by atoms with Crippen LogP contribution >= 0.6 is 0 Å². The second kappa shape index (κ2) is 6.83. The molecule has 0 fully saturated rings. The molecule has 8 heteroatoms. The van der Waals surface area contributed by atoms with Gasteiger partial charge >= 0.3 is 7.12 Å². The van der Waals surface area contributed by atoms with Crippen molar-refractivity contribution in [2.24, 2.45) is 0 Å². The molecule has 0 spiro atoms. The Balaban J connectivity index is 1.63. The lowest BCUT2D eigenvalue weighted by atomic mass is 9.79. The van der Waals surface area contributed by atoms with Gasteiger partial charge in [0.05, 0.1) is 17.9 Å². The molecule has 0 saturated carbocycles. The van der Waals surface area contributed by atoms with Crippen molar-refractivity contribution in [3.63, 3.8) is 0 Å². The molecule has 0 unspecified atom stereocenters. The van der Waals surface area contributed by atoms with E-state index in [0.717, 1.165) is 10.1 Å². The lowest BCUT2D eigenvalue weighted by molar-refractivity contribution is 0.102. The largest absolute Gasteiger partial charge is 0.491 e. The van der Waals surface area contributed by atoms with E-state index in [-0.39, 0.29) is 17.9 Å². The molecule has 27 heavy (non-hydrogen) atoms. The molecule has 2 heterocycles. The Morgan fingerprint density at radius 2 is 2.00 bits per heavy atom. The second-order valence-corrected chi connectivity index (χ2v) is 6.11. The molecule has 2 aromatic carbocycles. The summed E-state index contributed by atoms with van der Waals surface area (Å²) < 4.78 is 20.2. The summed E-state index contributed by atoms with van der Waals surface area (Å²) in [6, 6.07) is 13.5. The van der Waals surface area contributed by atoms with Crippen LogP contribution in [0.25, 0.3) is 5.69 Å². The number of fused-ring (bicyclic) bond motifs is 1. The molecule has 6 nitrogen and oxygen atoms in total. The van der Waals surface area contributed by atoms with Gasteiger partial charge in [0, 0.05) is 18.0 Å². The lowest BCUT2D eigenvalue weighted by Gasteiger charge is -2.10. The molecule has 134 valence electrons. The summed E-state index contributed by atoms with van der Waals surface area (Å²) in [7, 11) is -0.950. The quantitative estimate of drug-likeness (QED) is 0.690. The minimum Gasteiger partial charge on any atom is -0.423 e. The predicted molar refractivity (Wildman–Crippen MR) is 98.8 cm³/mol. The summed E-state index contributed by atoms with van der Waals surface area (Å²) in [6.45, 7) is 0.262. The fourth-order valence-corrected chi connectivity index (χ4v) is 2.97. The highest BCUT2D eigenvalue weighted by atomic mass is 19.1. The number of pyridine rings is 1. The third kappa shape index (κ3) is 3.28. The molecule has 0 bridgehead atoms. The summed E-state index contributed by atoms with van der Waals surface area (Å²) in [5, 5.41) is 12.4. The van der Waals surface area contributed by atoms with Crippen LogP contribution in [0.2, 0.25) is 0 Å². The zero-order valence-corrected chi connectivity index (χ0v) is 14.1. The number of nitrogens with one attached hydrogen (secondary N) is 1. The van der Waals surface area contributed by atoms with Crippen molar-refractivity contribution in [3.8, 4) is 5.69 Å². The number of hydrogen-bond acceptors (Lipinski definition) is 4. The van der Waals surface area contributed by atoms with Crippen LogP contribution in [0.5, 0.6) is 0 Å². The van der Waals surface area contributed by atoms with E-state index in [4.69, 9.17) is 4.65 Å². The van der Waals surface area contributed by atoms with Crippen LogP contribution in [0.3, 0.4) is 0 Å². The Morgan fingerprint density at radius 3 is 2.81 bits per heavy atom. The van der Waals surface area contributed by atoms with E-state index >= 15 is 0 Å². The highest BCUT2D eigenvalue weighted by Crippen LogP contribution is 2.17. The fraction of sp³-hybridized carbons (Fsp3) is 0.0526. The highest BCUT2D eigenvalue weighted by Gasteiger charge is 2.27. The van der Waals surface area contributed by atoms with Crippen molar-refractivity contribution in [2.75, 3.05) is 5.32 Å². The SMILES string of the molecule is O=C(Nc1ccc2c(c1)COB2O)c1ccc(=O)n(-c2ccccc2F)c1. The molecular formula is C19H14BFN2O4. The van der Waals surface area contributed by atoms with E-state index < -0.39 is 24.4 Å². The molecule has 4 rings (SSSR count). The van der Waals surface area contributed by atoms with Gasteiger partial charge in [0.1, 0.15) is 5.82 Å². The Hall–Kier alpha value is -3.23. The first-order valence-corrected chi connectivity index (χ1v) is 8.24. The molecule has 0 radical (unpaired) electrons. The zero-order chi connectivity index (χ0) is 19.0. The van der Waals surface area contributed by atoms with Crippen LogP contribution in [0, 0.1) is 5.82 Å². The minimum absolute atomic E-state index is 0.0702. The monoisotopic (exact) mass is 364 g/mol. The number of halogens is 1. The lowest BCUT2D eigenvalue weighted by Crippen LogP contribution is -2.28. The van der Waals surface area contributed by atoms with Gasteiger partial charge in [-0.1, -0.05) is 18.2 Å². The predicted octanol–water partition coefficient (Wildman–Crippen LogP) is 1.45. The second-order valence-electron chi connectivity index (χ2n) is 6.11. The van der Waals surface area contributed by atoms with Gasteiger partial charge in [-0.05, 0) is 41.4 Å². The van der Waals surface area contributed by atoms with Crippen molar-refractivity contribution in [1.82, 2.24) is 4.57 Å². The highest BCUT2D eigenvalue weighted by molar-refractivity contribution is 6.61. The van der Waals surface area contributed by atoms with Gasteiger partial charge in [0.25, 0.3) is 11.5 Å². The fourth-order valence-electron chi connectivity index (χ4n) is 2.97. The summed E-state index contributed by atoms with van der Waals surface area (Å²) in [5.41, 5.74) is 1.81. The van der Waals surface area contributed by atoms with Crippen LogP contribution in [0.1, 0.15) is 15.9 Å². The van der Waals surface area contributed by atoms with E-state index in [9.17, 15) is 19.0 Å². The van der Waals surface area contributed by atoms with Gasteiger partial charge in [-0.25, -0.2) is 4.39 Å². The van der Waals surface area contributed by atoms with Gasteiger partial charge in [0.2, 0.25) is 0 Å². The summed E-state index contributed by atoms with van der Waals surface area (Å²) >= 11 is 0. The van der Waals surface area contributed by atoms with E-state index in [1.165, 1.54) is 36.5 Å². The maximum atomic E-state index is 14.0. The smallest absolute Gasteiger partial charge is 0.423 e. The topological polar surface area (TPSA) is 80.6 Å². The number of benzene rings is 2. The molecule has 2 N–H and O–H groups in total. The number of para-hydroxylation sites is 1. The van der Waals surface area contributed by atoms with Crippen LogP contribution in [-0.2, 0) is 11.3 Å². The van der Waals surface area contributed by atoms with E-state index in [1.54, 1.807) is 24.3 Å². The average molecular weight is 364 g/mol. The number of nitrogens with zero attached hydrogens (tertiary/aromatic N) is 1. The number of hydrogen-bond donors (Lipinski definition) is 2. The maximum absolute atomic E-state index is 14.0. The van der Waals surface area contributed by atoms with Crippen molar-refractivity contribution in [1.29, 1.82) is 0 Å². The third-order valence-electron chi connectivity index (χ3n) is 4.35. The number of carbonyl (C=O) groups excluding carboxylic acids is 1. The molecule has 3 aromatic rings. The summed E-state index contributed by atoms with van der Waals surface area (Å²) in [5.74, 6) is -1.01. The number of amides is 1. The summed E-state index contributed by atoms with van der Waals surface area (Å²) in [4.78, 5) is 24.6. The van der Waals surface area contributed by atoms with Gasteiger partial charge in [0.15, 0.2) is 0 Å². The van der Waals surface area contributed by atoms with Crippen molar-refractivity contribution >= 4 is 24.2 Å². The molecule has 1 aliphatic heterocycles. The van der Waals surface area contributed by atoms with Crippen molar-refractivity contribution in [3.05, 3.63) is 88.1 Å².